The summed E-state index contributed by atoms with van der Waals surface area (Å²) in [6, 6.07) is 23.3. The van der Waals surface area contributed by atoms with Gasteiger partial charge >= 0.3 is 0 Å². The van der Waals surface area contributed by atoms with E-state index in [-0.39, 0.29) is 11.8 Å². The van der Waals surface area contributed by atoms with E-state index in [1.165, 1.54) is 0 Å². The molecule has 0 heterocycles. The van der Waals surface area contributed by atoms with E-state index in [0.717, 1.165) is 5.56 Å². The molecule has 3 rings (SSSR count). The largest absolute Gasteiger partial charge is 0.480 e. The fourth-order valence-corrected chi connectivity index (χ4v) is 2.78. The Morgan fingerprint density at radius 3 is 2.31 bits per heavy atom. The van der Waals surface area contributed by atoms with Crippen LogP contribution in [0.3, 0.4) is 0 Å². The van der Waals surface area contributed by atoms with Gasteiger partial charge in [-0.3, -0.25) is 9.59 Å². The minimum Gasteiger partial charge on any atom is -0.480 e. The van der Waals surface area contributed by atoms with E-state index in [4.69, 9.17) is 16.3 Å². The van der Waals surface area contributed by atoms with Gasteiger partial charge in [0.15, 0.2) is 6.10 Å². The number of halogens is 1. The number of carbonyl (C=O) groups is 2. The molecule has 0 aliphatic carbocycles. The second-order valence-corrected chi connectivity index (χ2v) is 6.86. The molecular weight excluding hydrogens is 388 g/mol. The highest BCUT2D eigenvalue weighted by molar-refractivity contribution is 6.30. The number of carbonyl (C=O) groups excluding carboxylic acids is 2. The summed E-state index contributed by atoms with van der Waals surface area (Å²) in [5.41, 5.74) is 1.98. The number of rotatable bonds is 7. The van der Waals surface area contributed by atoms with Gasteiger partial charge in [-0.25, -0.2) is 0 Å². The van der Waals surface area contributed by atoms with Crippen molar-refractivity contribution in [3.8, 4) is 5.75 Å². The topological polar surface area (TPSA) is 67.4 Å². The third-order valence-electron chi connectivity index (χ3n) is 4.21. The van der Waals surface area contributed by atoms with Crippen LogP contribution >= 0.6 is 11.6 Å². The van der Waals surface area contributed by atoms with E-state index in [2.05, 4.69) is 10.6 Å². The SMILES string of the molecule is C[C@@H](Oc1ccccc1C(=O)NCc1ccccc1)C(=O)Nc1ccc(Cl)cc1. The van der Waals surface area contributed by atoms with Crippen LogP contribution in [0.25, 0.3) is 0 Å². The zero-order valence-corrected chi connectivity index (χ0v) is 16.6. The first kappa shape index (κ1) is 20.4. The van der Waals surface area contributed by atoms with Crippen molar-refractivity contribution in [2.45, 2.75) is 19.6 Å². The number of benzene rings is 3. The lowest BCUT2D eigenvalue weighted by Gasteiger charge is -2.17. The van der Waals surface area contributed by atoms with Crippen LogP contribution in [0.5, 0.6) is 5.75 Å². The molecule has 0 radical (unpaired) electrons. The van der Waals surface area contributed by atoms with Crippen LogP contribution in [-0.2, 0) is 11.3 Å². The molecule has 0 aliphatic heterocycles. The first-order valence-electron chi connectivity index (χ1n) is 9.17. The molecule has 2 amide bonds. The summed E-state index contributed by atoms with van der Waals surface area (Å²) in [7, 11) is 0. The molecule has 5 nitrogen and oxygen atoms in total. The molecule has 148 valence electrons. The molecular formula is C23H21ClN2O3. The number of hydrogen-bond acceptors (Lipinski definition) is 3. The second kappa shape index (κ2) is 9.75. The van der Waals surface area contributed by atoms with E-state index < -0.39 is 6.10 Å². The lowest BCUT2D eigenvalue weighted by Crippen LogP contribution is -2.31. The van der Waals surface area contributed by atoms with Gasteiger partial charge in [-0.15, -0.1) is 0 Å². The molecule has 3 aromatic carbocycles. The molecule has 0 saturated heterocycles. The maximum Gasteiger partial charge on any atom is 0.265 e. The Labute approximate surface area is 174 Å². The molecule has 0 bridgehead atoms. The van der Waals surface area contributed by atoms with E-state index >= 15 is 0 Å². The second-order valence-electron chi connectivity index (χ2n) is 6.42. The Morgan fingerprint density at radius 1 is 0.931 bits per heavy atom. The minimum absolute atomic E-state index is 0.269. The number of para-hydroxylation sites is 1. The summed E-state index contributed by atoms with van der Waals surface area (Å²) in [5.74, 6) is -0.251. The fourth-order valence-electron chi connectivity index (χ4n) is 2.65. The highest BCUT2D eigenvalue weighted by atomic mass is 35.5. The van der Waals surface area contributed by atoms with Crippen molar-refractivity contribution in [2.24, 2.45) is 0 Å². The van der Waals surface area contributed by atoms with Gasteiger partial charge in [-0.05, 0) is 48.9 Å². The first-order chi connectivity index (χ1) is 14.0. The average Bonchev–Trinajstić information content (AvgIpc) is 2.74. The maximum absolute atomic E-state index is 12.6. The smallest absolute Gasteiger partial charge is 0.265 e. The van der Waals surface area contributed by atoms with Crippen LogP contribution in [0.2, 0.25) is 5.02 Å². The summed E-state index contributed by atoms with van der Waals surface area (Å²) in [4.78, 5) is 25.0. The Morgan fingerprint density at radius 2 is 1.59 bits per heavy atom. The number of hydrogen-bond donors (Lipinski definition) is 2. The van der Waals surface area contributed by atoms with Crippen LogP contribution in [0.15, 0.2) is 78.9 Å². The van der Waals surface area contributed by atoms with E-state index in [1.54, 1.807) is 55.5 Å². The maximum atomic E-state index is 12.6. The highest BCUT2D eigenvalue weighted by Crippen LogP contribution is 2.20. The third kappa shape index (κ3) is 5.83. The van der Waals surface area contributed by atoms with E-state index in [1.807, 2.05) is 30.3 Å². The minimum atomic E-state index is -0.797. The molecule has 0 aromatic heterocycles. The molecule has 2 N–H and O–H groups in total. The Bertz CT molecular complexity index is 975. The van der Waals surface area contributed by atoms with Gasteiger partial charge in [0.2, 0.25) is 0 Å². The van der Waals surface area contributed by atoms with Gasteiger partial charge in [0, 0.05) is 17.3 Å². The summed E-state index contributed by atoms with van der Waals surface area (Å²) < 4.78 is 5.78. The molecule has 0 aliphatic rings. The standard InChI is InChI=1S/C23H21ClN2O3/c1-16(22(27)26-19-13-11-18(24)12-14-19)29-21-10-6-5-9-20(21)23(28)25-15-17-7-3-2-4-8-17/h2-14,16H,15H2,1H3,(H,25,28)(H,26,27)/t16-/m1/s1. The van der Waals surface area contributed by atoms with Crippen LogP contribution in [0.1, 0.15) is 22.8 Å². The molecule has 3 aromatic rings. The van der Waals surface area contributed by atoms with Gasteiger partial charge in [0.1, 0.15) is 5.75 Å². The first-order valence-corrected chi connectivity index (χ1v) is 9.55. The zero-order valence-electron chi connectivity index (χ0n) is 15.9. The summed E-state index contributed by atoms with van der Waals surface area (Å²) in [6.07, 6.45) is -0.797. The van der Waals surface area contributed by atoms with Gasteiger partial charge in [-0.1, -0.05) is 54.1 Å². The van der Waals surface area contributed by atoms with Crippen LogP contribution in [0, 0.1) is 0 Å². The lowest BCUT2D eigenvalue weighted by molar-refractivity contribution is -0.122. The molecule has 6 heteroatoms. The van der Waals surface area contributed by atoms with Gasteiger partial charge in [0.25, 0.3) is 11.8 Å². The normalized spacial score (nSPS) is 11.4. The molecule has 0 fully saturated rings. The van der Waals surface area contributed by atoms with Crippen LogP contribution in [-0.4, -0.2) is 17.9 Å². The van der Waals surface area contributed by atoms with Crippen LogP contribution < -0.4 is 15.4 Å². The van der Waals surface area contributed by atoms with Gasteiger partial charge in [-0.2, -0.15) is 0 Å². The monoisotopic (exact) mass is 408 g/mol. The predicted octanol–water partition coefficient (Wildman–Crippen LogP) is 4.68. The van der Waals surface area contributed by atoms with E-state index in [9.17, 15) is 9.59 Å². The molecule has 0 saturated carbocycles. The quantitative estimate of drug-likeness (QED) is 0.596. The van der Waals surface area contributed by atoms with Gasteiger partial charge < -0.3 is 15.4 Å². The number of amides is 2. The molecule has 0 unspecified atom stereocenters. The summed E-state index contributed by atoms with van der Waals surface area (Å²) >= 11 is 5.85. The van der Waals surface area contributed by atoms with Crippen molar-refractivity contribution in [1.29, 1.82) is 0 Å². The number of nitrogens with one attached hydrogen (secondary N) is 2. The zero-order chi connectivity index (χ0) is 20.6. The Balaban J connectivity index is 1.63. The summed E-state index contributed by atoms with van der Waals surface area (Å²) in [5, 5.41) is 6.22. The number of anilines is 1. The van der Waals surface area contributed by atoms with Crippen molar-refractivity contribution in [1.82, 2.24) is 5.32 Å². The van der Waals surface area contributed by atoms with Crippen molar-refractivity contribution in [3.05, 3.63) is 95.0 Å². The fraction of sp³-hybridized carbons (Fsp3) is 0.130. The van der Waals surface area contributed by atoms with Gasteiger partial charge in [0.05, 0.1) is 5.56 Å². The predicted molar refractivity (Wildman–Crippen MR) is 114 cm³/mol. The van der Waals surface area contributed by atoms with Crippen molar-refractivity contribution >= 4 is 29.1 Å². The Hall–Kier alpha value is -3.31. The number of ether oxygens (including phenoxy) is 1. The van der Waals surface area contributed by atoms with Crippen molar-refractivity contribution in [3.63, 3.8) is 0 Å². The van der Waals surface area contributed by atoms with Crippen molar-refractivity contribution < 1.29 is 14.3 Å². The van der Waals surface area contributed by atoms with Crippen LogP contribution in [0.4, 0.5) is 5.69 Å². The molecule has 1 atom stereocenters. The summed E-state index contributed by atoms with van der Waals surface area (Å²) in [6.45, 7) is 2.03. The lowest BCUT2D eigenvalue weighted by atomic mass is 10.1. The average molecular weight is 409 g/mol. The van der Waals surface area contributed by atoms with E-state index in [0.29, 0.717) is 28.6 Å². The third-order valence-corrected chi connectivity index (χ3v) is 4.46. The molecule has 29 heavy (non-hydrogen) atoms. The molecule has 0 spiro atoms. The Kier molecular flexibility index (Phi) is 6.87. The highest BCUT2D eigenvalue weighted by Gasteiger charge is 2.19. The van der Waals surface area contributed by atoms with Crippen molar-refractivity contribution in [2.75, 3.05) is 5.32 Å².